The van der Waals surface area contributed by atoms with Crippen molar-refractivity contribution >= 4 is 44.1 Å². The summed E-state index contributed by atoms with van der Waals surface area (Å²) in [4.78, 5) is 7.80. The van der Waals surface area contributed by atoms with E-state index in [1.165, 1.54) is 9.75 Å². The minimum atomic E-state index is 0.707. The number of nitrogens with zero attached hydrogens (tertiary/aromatic N) is 3. The van der Waals surface area contributed by atoms with Crippen molar-refractivity contribution in [1.29, 1.82) is 0 Å². The van der Waals surface area contributed by atoms with E-state index in [0.29, 0.717) is 5.13 Å². The fraction of sp³-hybridized carbons (Fsp3) is 0.0833. The van der Waals surface area contributed by atoms with Gasteiger partial charge in [0.1, 0.15) is 5.00 Å². The van der Waals surface area contributed by atoms with Crippen LogP contribution in [0.2, 0.25) is 0 Å². The lowest BCUT2D eigenvalue weighted by atomic mass is 10.4. The Bertz CT molecular complexity index is 664. The molecule has 0 spiro atoms. The first-order valence-electron chi connectivity index (χ1n) is 5.29. The maximum atomic E-state index is 4.22. The number of thiophene rings is 2. The molecule has 0 radical (unpaired) electrons. The van der Waals surface area contributed by atoms with Gasteiger partial charge in [0, 0.05) is 20.8 Å². The van der Waals surface area contributed by atoms with Gasteiger partial charge in [-0.05, 0) is 30.5 Å². The molecule has 0 aliphatic carbocycles. The monoisotopic (exact) mass is 291 g/mol. The third-order valence-electron chi connectivity index (χ3n) is 2.20. The van der Waals surface area contributed by atoms with Crippen LogP contribution in [-0.2, 0) is 0 Å². The van der Waals surface area contributed by atoms with Crippen molar-refractivity contribution in [2.24, 2.45) is 10.2 Å². The normalized spacial score (nSPS) is 11.4. The molecule has 0 amide bonds. The first-order chi connectivity index (χ1) is 8.81. The summed E-state index contributed by atoms with van der Waals surface area (Å²) >= 11 is 4.93. The zero-order chi connectivity index (χ0) is 12.4. The van der Waals surface area contributed by atoms with Gasteiger partial charge >= 0.3 is 0 Å². The van der Waals surface area contributed by atoms with E-state index in [2.05, 4.69) is 38.8 Å². The van der Waals surface area contributed by atoms with Gasteiger partial charge in [0.2, 0.25) is 5.13 Å². The van der Waals surface area contributed by atoms with Crippen LogP contribution in [0.4, 0.5) is 10.1 Å². The molecule has 0 unspecified atom stereocenters. The Morgan fingerprint density at radius 2 is 2.00 bits per heavy atom. The Kier molecular flexibility index (Phi) is 3.31. The van der Waals surface area contributed by atoms with Crippen LogP contribution in [0.25, 0.3) is 9.75 Å². The summed E-state index contributed by atoms with van der Waals surface area (Å²) < 4.78 is 0. The second-order valence-electron chi connectivity index (χ2n) is 3.57. The van der Waals surface area contributed by atoms with Crippen molar-refractivity contribution in [2.75, 3.05) is 0 Å². The molecule has 0 aromatic carbocycles. The first kappa shape index (κ1) is 11.7. The Morgan fingerprint density at radius 1 is 1.06 bits per heavy atom. The van der Waals surface area contributed by atoms with Gasteiger partial charge in [0.25, 0.3) is 0 Å². The van der Waals surface area contributed by atoms with Gasteiger partial charge in [0.15, 0.2) is 0 Å². The minimum Gasteiger partial charge on any atom is -0.225 e. The third kappa shape index (κ3) is 2.55. The van der Waals surface area contributed by atoms with Crippen molar-refractivity contribution < 1.29 is 0 Å². The van der Waals surface area contributed by atoms with E-state index < -0.39 is 0 Å². The highest BCUT2D eigenvalue weighted by Crippen LogP contribution is 2.36. The molecule has 3 heterocycles. The molecule has 18 heavy (non-hydrogen) atoms. The predicted molar refractivity (Wildman–Crippen MR) is 78.7 cm³/mol. The Balaban J connectivity index is 1.80. The van der Waals surface area contributed by atoms with Crippen LogP contribution in [0, 0.1) is 6.92 Å². The van der Waals surface area contributed by atoms with Crippen LogP contribution in [0.5, 0.6) is 0 Å². The van der Waals surface area contributed by atoms with E-state index in [1.807, 2.05) is 19.2 Å². The zero-order valence-electron chi connectivity index (χ0n) is 9.53. The number of azo groups is 1. The zero-order valence-corrected chi connectivity index (χ0v) is 12.0. The summed E-state index contributed by atoms with van der Waals surface area (Å²) in [6, 6.07) is 8.24. The van der Waals surface area contributed by atoms with E-state index in [4.69, 9.17) is 0 Å². The summed E-state index contributed by atoms with van der Waals surface area (Å²) in [5.74, 6) is 0. The summed E-state index contributed by atoms with van der Waals surface area (Å²) in [5.41, 5.74) is 0. The number of thiazole rings is 1. The maximum Gasteiger partial charge on any atom is 0.230 e. The molecule has 0 fully saturated rings. The van der Waals surface area contributed by atoms with E-state index in [9.17, 15) is 0 Å². The lowest BCUT2D eigenvalue weighted by Crippen LogP contribution is -1.55. The van der Waals surface area contributed by atoms with Gasteiger partial charge in [-0.25, -0.2) is 4.98 Å². The van der Waals surface area contributed by atoms with Crippen molar-refractivity contribution in [3.05, 3.63) is 40.7 Å². The number of aryl methyl sites for hydroxylation is 1. The summed E-state index contributed by atoms with van der Waals surface area (Å²) in [6.45, 7) is 2.01. The van der Waals surface area contributed by atoms with Gasteiger partial charge < -0.3 is 0 Å². The fourth-order valence-corrected chi connectivity index (χ4v) is 3.66. The molecule has 0 aliphatic heterocycles. The number of hydrogen-bond acceptors (Lipinski definition) is 6. The van der Waals surface area contributed by atoms with Crippen molar-refractivity contribution in [3.8, 4) is 9.75 Å². The molecule has 3 rings (SSSR count). The van der Waals surface area contributed by atoms with Gasteiger partial charge in [-0.1, -0.05) is 17.4 Å². The Morgan fingerprint density at radius 3 is 2.72 bits per heavy atom. The Labute approximate surface area is 116 Å². The molecule has 90 valence electrons. The first-order valence-corrected chi connectivity index (χ1v) is 7.80. The van der Waals surface area contributed by atoms with Crippen LogP contribution in [-0.4, -0.2) is 4.98 Å². The average Bonchev–Trinajstić information content (AvgIpc) is 3.07. The van der Waals surface area contributed by atoms with Crippen molar-refractivity contribution in [2.45, 2.75) is 6.92 Å². The maximum absolute atomic E-state index is 4.22. The van der Waals surface area contributed by atoms with Crippen LogP contribution in [0.15, 0.2) is 46.1 Å². The van der Waals surface area contributed by atoms with Crippen LogP contribution >= 0.6 is 34.0 Å². The minimum absolute atomic E-state index is 0.707. The quantitative estimate of drug-likeness (QED) is 0.574. The highest BCUT2D eigenvalue weighted by Gasteiger charge is 2.03. The fourth-order valence-electron chi connectivity index (χ4n) is 1.41. The molecule has 0 bridgehead atoms. The lowest BCUT2D eigenvalue weighted by molar-refractivity contribution is 1.21. The Hall–Kier alpha value is -1.37. The predicted octanol–water partition coefficient (Wildman–Crippen LogP) is 5.66. The van der Waals surface area contributed by atoms with Gasteiger partial charge in [-0.3, -0.25) is 0 Å². The van der Waals surface area contributed by atoms with Crippen molar-refractivity contribution in [3.63, 3.8) is 0 Å². The molecule has 3 aromatic heterocycles. The van der Waals surface area contributed by atoms with Gasteiger partial charge in [-0.2, -0.15) is 0 Å². The second-order valence-corrected chi connectivity index (χ2v) is 6.79. The largest absolute Gasteiger partial charge is 0.230 e. The summed E-state index contributed by atoms with van der Waals surface area (Å²) in [6.07, 6.45) is 1.81. The average molecular weight is 291 g/mol. The molecule has 0 N–H and O–H groups in total. The molecular weight excluding hydrogens is 282 g/mol. The second kappa shape index (κ2) is 5.09. The smallest absolute Gasteiger partial charge is 0.225 e. The molecule has 6 heteroatoms. The van der Waals surface area contributed by atoms with Crippen molar-refractivity contribution in [1.82, 2.24) is 4.98 Å². The topological polar surface area (TPSA) is 37.6 Å². The number of rotatable bonds is 3. The molecule has 0 atom stereocenters. The summed E-state index contributed by atoms with van der Waals surface area (Å²) in [5, 5.41) is 12.0. The SMILES string of the molecule is Cc1cnc(/N=N/c2ccc(-c3cccs3)s2)s1. The van der Waals surface area contributed by atoms with Crippen LogP contribution in [0.1, 0.15) is 4.88 Å². The van der Waals surface area contributed by atoms with E-state index in [1.54, 1.807) is 34.0 Å². The molecule has 0 aliphatic rings. The van der Waals surface area contributed by atoms with E-state index in [-0.39, 0.29) is 0 Å². The molecular formula is C12H9N3S3. The third-order valence-corrected chi connectivity index (χ3v) is 5.03. The highest BCUT2D eigenvalue weighted by atomic mass is 32.1. The lowest BCUT2D eigenvalue weighted by Gasteiger charge is -1.86. The van der Waals surface area contributed by atoms with E-state index >= 15 is 0 Å². The van der Waals surface area contributed by atoms with E-state index in [0.717, 1.165) is 9.88 Å². The van der Waals surface area contributed by atoms with Crippen LogP contribution in [0.3, 0.4) is 0 Å². The number of hydrogen-bond donors (Lipinski definition) is 0. The van der Waals surface area contributed by atoms with Crippen LogP contribution < -0.4 is 0 Å². The standard InChI is InChI=1S/C12H9N3S3/c1-8-7-13-12(17-8)15-14-11-5-4-10(18-11)9-3-2-6-16-9/h2-7H,1H3/b15-14+. The molecule has 3 nitrogen and oxygen atoms in total. The number of aromatic nitrogens is 1. The molecule has 0 saturated heterocycles. The molecule has 3 aromatic rings. The van der Waals surface area contributed by atoms with Gasteiger partial charge in [0.05, 0.1) is 0 Å². The highest BCUT2D eigenvalue weighted by molar-refractivity contribution is 7.23. The summed E-state index contributed by atoms with van der Waals surface area (Å²) in [7, 11) is 0. The molecule has 0 saturated carbocycles. The van der Waals surface area contributed by atoms with Gasteiger partial charge in [-0.15, -0.1) is 32.9 Å².